The van der Waals surface area contributed by atoms with Crippen LogP contribution in [0.2, 0.25) is 0 Å². The van der Waals surface area contributed by atoms with Crippen LogP contribution in [-0.4, -0.2) is 34.4 Å². The van der Waals surface area contributed by atoms with Crippen molar-refractivity contribution in [2.45, 2.75) is 19.5 Å². The molecule has 0 bridgehead atoms. The van der Waals surface area contributed by atoms with Crippen molar-refractivity contribution in [3.63, 3.8) is 0 Å². The van der Waals surface area contributed by atoms with Crippen LogP contribution >= 0.6 is 12.2 Å². The molecule has 1 N–H and O–H groups in total. The minimum Gasteiger partial charge on any atom is -0.497 e. The number of nitrogens with one attached hydrogen (secondary N) is 1. The van der Waals surface area contributed by atoms with Gasteiger partial charge in [0, 0.05) is 17.8 Å². The van der Waals surface area contributed by atoms with Crippen molar-refractivity contribution in [3.8, 4) is 22.9 Å². The lowest BCUT2D eigenvalue weighted by molar-refractivity contribution is 0.395. The molecule has 0 amide bonds. The zero-order valence-electron chi connectivity index (χ0n) is 20.3. The lowest BCUT2D eigenvalue weighted by atomic mass is 9.94. The van der Waals surface area contributed by atoms with Crippen LogP contribution in [0.15, 0.2) is 89.1 Å². The molecule has 0 saturated heterocycles. The number of benzene rings is 3. The summed E-state index contributed by atoms with van der Waals surface area (Å²) in [6.07, 6.45) is 0. The molecule has 0 spiro atoms. The van der Waals surface area contributed by atoms with Gasteiger partial charge in [-0.25, -0.2) is 0 Å². The van der Waals surface area contributed by atoms with Crippen LogP contribution in [0.3, 0.4) is 0 Å². The molecule has 0 radical (unpaired) electrons. The standard InChI is InChI=1S/C28H26N4O3S/c1-18-24(27-30-26(31-35-27)21-11-15-23(34-3)16-12-21)25(20-7-5-4-6-8-20)29-28(36)32(18)17-19-9-13-22(33-2)14-10-19/h4-16,25H,17H2,1-3H3,(H,29,36). The van der Waals surface area contributed by atoms with E-state index in [0.29, 0.717) is 23.4 Å². The Morgan fingerprint density at radius 3 is 2.19 bits per heavy atom. The maximum absolute atomic E-state index is 5.82. The smallest absolute Gasteiger partial charge is 0.258 e. The minimum atomic E-state index is -0.227. The van der Waals surface area contributed by atoms with E-state index in [4.69, 9.17) is 31.2 Å². The van der Waals surface area contributed by atoms with Gasteiger partial charge in [-0.05, 0) is 66.7 Å². The fourth-order valence-corrected chi connectivity index (χ4v) is 4.57. The highest BCUT2D eigenvalue weighted by Crippen LogP contribution is 2.38. The van der Waals surface area contributed by atoms with E-state index in [1.807, 2.05) is 73.7 Å². The number of thiocarbonyl (C=S) groups is 1. The van der Waals surface area contributed by atoms with Crippen molar-refractivity contribution in [2.24, 2.45) is 0 Å². The maximum atomic E-state index is 5.82. The predicted octanol–water partition coefficient (Wildman–Crippen LogP) is 5.62. The number of methoxy groups -OCH3 is 2. The molecule has 0 aliphatic carbocycles. The Morgan fingerprint density at radius 1 is 0.917 bits per heavy atom. The Morgan fingerprint density at radius 2 is 1.56 bits per heavy atom. The van der Waals surface area contributed by atoms with Gasteiger partial charge < -0.3 is 24.2 Å². The van der Waals surface area contributed by atoms with Gasteiger partial charge in [0.2, 0.25) is 5.82 Å². The SMILES string of the molecule is COc1ccc(CN2C(=S)NC(c3ccccc3)C(c3nc(-c4ccc(OC)cc4)no3)=C2C)cc1. The summed E-state index contributed by atoms with van der Waals surface area (Å²) in [5.74, 6) is 2.54. The largest absolute Gasteiger partial charge is 0.497 e. The van der Waals surface area contributed by atoms with Crippen LogP contribution < -0.4 is 14.8 Å². The lowest BCUT2D eigenvalue weighted by Crippen LogP contribution is -2.45. The van der Waals surface area contributed by atoms with Crippen molar-refractivity contribution in [1.82, 2.24) is 20.4 Å². The molecular formula is C28H26N4O3S. The summed E-state index contributed by atoms with van der Waals surface area (Å²) in [5.41, 5.74) is 4.84. The van der Waals surface area contributed by atoms with E-state index in [1.54, 1.807) is 14.2 Å². The monoisotopic (exact) mass is 498 g/mol. The normalized spacial score (nSPS) is 15.6. The average molecular weight is 499 g/mol. The van der Waals surface area contributed by atoms with Gasteiger partial charge in [0.25, 0.3) is 5.89 Å². The van der Waals surface area contributed by atoms with E-state index in [9.17, 15) is 0 Å². The predicted molar refractivity (Wildman–Crippen MR) is 142 cm³/mol. The zero-order chi connectivity index (χ0) is 25.1. The van der Waals surface area contributed by atoms with Crippen molar-refractivity contribution in [1.29, 1.82) is 0 Å². The van der Waals surface area contributed by atoms with Gasteiger partial charge in [-0.3, -0.25) is 0 Å². The number of aromatic nitrogens is 2. The molecule has 2 heterocycles. The van der Waals surface area contributed by atoms with Crippen molar-refractivity contribution in [3.05, 3.63) is 102 Å². The van der Waals surface area contributed by atoms with E-state index in [0.717, 1.165) is 39.5 Å². The van der Waals surface area contributed by atoms with E-state index in [-0.39, 0.29) is 6.04 Å². The van der Waals surface area contributed by atoms with Crippen LogP contribution in [0.1, 0.15) is 30.0 Å². The summed E-state index contributed by atoms with van der Waals surface area (Å²) in [4.78, 5) is 6.83. The first-order chi connectivity index (χ1) is 17.6. The van der Waals surface area contributed by atoms with Gasteiger partial charge in [0.1, 0.15) is 11.5 Å². The number of allylic oxidation sites excluding steroid dienone is 1. The topological polar surface area (TPSA) is 72.7 Å². The molecule has 1 aromatic heterocycles. The molecule has 182 valence electrons. The molecule has 1 unspecified atom stereocenters. The third-order valence-corrected chi connectivity index (χ3v) is 6.57. The minimum absolute atomic E-state index is 0.227. The molecule has 0 fully saturated rings. The fourth-order valence-electron chi connectivity index (χ4n) is 4.25. The van der Waals surface area contributed by atoms with Gasteiger partial charge in [0.15, 0.2) is 5.11 Å². The first kappa shape index (κ1) is 23.6. The third-order valence-electron chi connectivity index (χ3n) is 6.23. The van der Waals surface area contributed by atoms with Gasteiger partial charge in [0.05, 0.1) is 25.8 Å². The number of hydrogen-bond donors (Lipinski definition) is 1. The molecule has 8 heteroatoms. The molecule has 1 atom stereocenters. The Bertz CT molecular complexity index is 1380. The van der Waals surface area contributed by atoms with E-state index >= 15 is 0 Å². The summed E-state index contributed by atoms with van der Waals surface area (Å²) in [7, 11) is 3.30. The third kappa shape index (κ3) is 4.67. The second kappa shape index (κ2) is 10.2. The number of hydrogen-bond acceptors (Lipinski definition) is 6. The van der Waals surface area contributed by atoms with Crippen LogP contribution in [-0.2, 0) is 6.54 Å². The van der Waals surface area contributed by atoms with Crippen molar-refractivity contribution in [2.75, 3.05) is 14.2 Å². The summed E-state index contributed by atoms with van der Waals surface area (Å²) < 4.78 is 16.4. The molecular weight excluding hydrogens is 472 g/mol. The summed E-state index contributed by atoms with van der Waals surface area (Å²) in [6.45, 7) is 2.63. The zero-order valence-corrected chi connectivity index (χ0v) is 21.1. The molecule has 7 nitrogen and oxygen atoms in total. The van der Waals surface area contributed by atoms with Gasteiger partial charge in [-0.15, -0.1) is 0 Å². The van der Waals surface area contributed by atoms with Gasteiger partial charge >= 0.3 is 0 Å². The van der Waals surface area contributed by atoms with E-state index in [1.165, 1.54) is 0 Å². The highest BCUT2D eigenvalue weighted by molar-refractivity contribution is 7.80. The molecule has 0 saturated carbocycles. The first-order valence-corrected chi connectivity index (χ1v) is 11.9. The highest BCUT2D eigenvalue weighted by Gasteiger charge is 2.34. The highest BCUT2D eigenvalue weighted by atomic mass is 32.1. The van der Waals surface area contributed by atoms with Crippen LogP contribution in [0.5, 0.6) is 11.5 Å². The second-order valence-electron chi connectivity index (χ2n) is 8.38. The Hall–Kier alpha value is -4.17. The molecule has 3 aromatic carbocycles. The van der Waals surface area contributed by atoms with Crippen LogP contribution in [0, 0.1) is 0 Å². The lowest BCUT2D eigenvalue weighted by Gasteiger charge is -2.37. The van der Waals surface area contributed by atoms with Crippen molar-refractivity contribution < 1.29 is 14.0 Å². The second-order valence-corrected chi connectivity index (χ2v) is 8.76. The molecule has 1 aliphatic rings. The fraction of sp³-hybridized carbons (Fsp3) is 0.179. The van der Waals surface area contributed by atoms with Gasteiger partial charge in [-0.1, -0.05) is 47.6 Å². The van der Waals surface area contributed by atoms with Crippen LogP contribution in [0.25, 0.3) is 17.0 Å². The maximum Gasteiger partial charge on any atom is 0.258 e. The molecule has 1 aliphatic heterocycles. The number of ether oxygens (including phenoxy) is 2. The quantitative estimate of drug-likeness (QED) is 0.329. The van der Waals surface area contributed by atoms with Crippen LogP contribution in [0.4, 0.5) is 0 Å². The molecule has 5 rings (SSSR count). The summed E-state index contributed by atoms with van der Waals surface area (Å²) in [6, 6.07) is 25.4. The first-order valence-electron chi connectivity index (χ1n) is 11.5. The summed E-state index contributed by atoms with van der Waals surface area (Å²) in [5, 5.41) is 8.41. The Kier molecular flexibility index (Phi) is 6.69. The van der Waals surface area contributed by atoms with Gasteiger partial charge in [-0.2, -0.15) is 4.98 Å². The molecule has 36 heavy (non-hydrogen) atoms. The number of rotatable bonds is 7. The van der Waals surface area contributed by atoms with Crippen molar-refractivity contribution >= 4 is 22.9 Å². The summed E-state index contributed by atoms with van der Waals surface area (Å²) >= 11 is 5.81. The number of nitrogens with zero attached hydrogens (tertiary/aromatic N) is 3. The van der Waals surface area contributed by atoms with E-state index < -0.39 is 0 Å². The average Bonchev–Trinajstić information content (AvgIpc) is 3.41. The van der Waals surface area contributed by atoms with E-state index in [2.05, 4.69) is 27.5 Å². The molecule has 4 aromatic rings. The Balaban J connectivity index is 1.55. The Labute approximate surface area is 215 Å².